The first-order valence-electron chi connectivity index (χ1n) is 6.55. The van der Waals surface area contributed by atoms with Crippen LogP contribution in [0.2, 0.25) is 0 Å². The summed E-state index contributed by atoms with van der Waals surface area (Å²) in [6.45, 7) is 11.6. The normalized spacial score (nSPS) is 15.2. The molecule has 0 aromatic rings. The van der Waals surface area contributed by atoms with Gasteiger partial charge in [-0.3, -0.25) is 0 Å². The van der Waals surface area contributed by atoms with Crippen molar-refractivity contribution < 1.29 is 4.74 Å². The molecule has 0 radical (unpaired) electrons. The van der Waals surface area contributed by atoms with Crippen LogP contribution < -0.4 is 5.32 Å². The third kappa shape index (κ3) is 8.88. The molecule has 2 atom stereocenters. The Balaban J connectivity index is 3.50. The van der Waals surface area contributed by atoms with Gasteiger partial charge in [0.25, 0.3) is 0 Å². The van der Waals surface area contributed by atoms with Crippen LogP contribution >= 0.6 is 0 Å². The van der Waals surface area contributed by atoms with Crippen LogP contribution in [0.4, 0.5) is 0 Å². The van der Waals surface area contributed by atoms with E-state index in [9.17, 15) is 0 Å². The van der Waals surface area contributed by atoms with Gasteiger partial charge in [0.05, 0.1) is 6.61 Å². The summed E-state index contributed by atoms with van der Waals surface area (Å²) in [4.78, 5) is 0. The van der Waals surface area contributed by atoms with Gasteiger partial charge < -0.3 is 10.1 Å². The second kappa shape index (κ2) is 10.4. The highest BCUT2D eigenvalue weighted by Gasteiger charge is 2.07. The van der Waals surface area contributed by atoms with E-state index in [2.05, 4.69) is 26.1 Å². The van der Waals surface area contributed by atoms with Gasteiger partial charge in [0, 0.05) is 12.6 Å². The first kappa shape index (κ1) is 14.9. The van der Waals surface area contributed by atoms with Crippen LogP contribution in [0.5, 0.6) is 0 Å². The second-order valence-electron chi connectivity index (χ2n) is 4.39. The van der Waals surface area contributed by atoms with Crippen molar-refractivity contribution in [3.8, 4) is 0 Å². The minimum absolute atomic E-state index is 0.487. The molecule has 1 N–H and O–H groups in total. The van der Waals surface area contributed by atoms with Crippen molar-refractivity contribution in [2.24, 2.45) is 5.92 Å². The molecule has 15 heavy (non-hydrogen) atoms. The molecule has 0 saturated heterocycles. The molecule has 0 saturated carbocycles. The zero-order chi connectivity index (χ0) is 11.5. The van der Waals surface area contributed by atoms with Crippen LogP contribution in [0.3, 0.4) is 0 Å². The number of hydrogen-bond donors (Lipinski definition) is 1. The average Bonchev–Trinajstić information content (AvgIpc) is 2.26. The Hall–Kier alpha value is -0.0800. The molecule has 0 amide bonds. The van der Waals surface area contributed by atoms with Crippen molar-refractivity contribution in [2.75, 3.05) is 19.8 Å². The number of hydrogen-bond acceptors (Lipinski definition) is 2. The van der Waals surface area contributed by atoms with Gasteiger partial charge in [-0.15, -0.1) is 0 Å². The Morgan fingerprint density at radius 3 is 2.47 bits per heavy atom. The number of unbranched alkanes of at least 4 members (excludes halogenated alkanes) is 1. The molecule has 0 aromatic heterocycles. The van der Waals surface area contributed by atoms with Crippen molar-refractivity contribution in [1.82, 2.24) is 5.32 Å². The van der Waals surface area contributed by atoms with Crippen LogP contribution in [-0.4, -0.2) is 25.8 Å². The molecule has 2 heteroatoms. The number of rotatable bonds is 10. The predicted molar refractivity (Wildman–Crippen MR) is 67.3 cm³/mol. The molecule has 0 fully saturated rings. The second-order valence-corrected chi connectivity index (χ2v) is 4.39. The molecule has 0 aliphatic heterocycles. The van der Waals surface area contributed by atoms with Gasteiger partial charge in [-0.05, 0) is 32.7 Å². The quantitative estimate of drug-likeness (QED) is 0.604. The van der Waals surface area contributed by atoms with Gasteiger partial charge in [0.15, 0.2) is 0 Å². The maximum Gasteiger partial charge on any atom is 0.0616 e. The molecule has 0 rings (SSSR count). The Morgan fingerprint density at radius 2 is 1.93 bits per heavy atom. The van der Waals surface area contributed by atoms with Crippen molar-refractivity contribution in [1.29, 1.82) is 0 Å². The lowest BCUT2D eigenvalue weighted by atomic mass is 9.99. The van der Waals surface area contributed by atoms with E-state index in [0.29, 0.717) is 6.04 Å². The zero-order valence-electron chi connectivity index (χ0n) is 11.0. The highest BCUT2D eigenvalue weighted by Crippen LogP contribution is 2.11. The molecule has 92 valence electrons. The largest absolute Gasteiger partial charge is 0.380 e. The summed E-state index contributed by atoms with van der Waals surface area (Å²) in [7, 11) is 0. The lowest BCUT2D eigenvalue weighted by Crippen LogP contribution is -2.34. The van der Waals surface area contributed by atoms with E-state index in [1.807, 2.05) is 6.92 Å². The average molecular weight is 215 g/mol. The summed E-state index contributed by atoms with van der Waals surface area (Å²) < 4.78 is 5.38. The van der Waals surface area contributed by atoms with Gasteiger partial charge in [0.2, 0.25) is 0 Å². The van der Waals surface area contributed by atoms with E-state index < -0.39 is 0 Å². The Bertz CT molecular complexity index is 128. The lowest BCUT2D eigenvalue weighted by molar-refractivity contribution is 0.125. The molecule has 2 unspecified atom stereocenters. The van der Waals surface area contributed by atoms with Gasteiger partial charge in [-0.1, -0.05) is 33.1 Å². The topological polar surface area (TPSA) is 21.3 Å². The van der Waals surface area contributed by atoms with E-state index in [-0.39, 0.29) is 0 Å². The van der Waals surface area contributed by atoms with Crippen LogP contribution in [0.25, 0.3) is 0 Å². The summed E-state index contributed by atoms with van der Waals surface area (Å²) in [6.07, 6.45) is 5.32. The Labute approximate surface area is 95.8 Å². The maximum atomic E-state index is 5.38. The first-order chi connectivity index (χ1) is 7.24. The van der Waals surface area contributed by atoms with Crippen LogP contribution in [-0.2, 0) is 4.74 Å². The molecule has 0 aromatic carbocycles. The van der Waals surface area contributed by atoms with Crippen molar-refractivity contribution >= 4 is 0 Å². The van der Waals surface area contributed by atoms with Crippen LogP contribution in [0.1, 0.15) is 53.4 Å². The standard InChI is InChI=1S/C13H29NO/c1-5-8-9-13(6-2)10-14-12(4)11-15-7-3/h12-14H,5-11H2,1-4H3. The number of ether oxygens (including phenoxy) is 1. The summed E-state index contributed by atoms with van der Waals surface area (Å²) in [5.74, 6) is 0.842. The molecule has 0 aliphatic carbocycles. The summed E-state index contributed by atoms with van der Waals surface area (Å²) in [6, 6.07) is 0.487. The summed E-state index contributed by atoms with van der Waals surface area (Å²) >= 11 is 0. The van der Waals surface area contributed by atoms with Gasteiger partial charge in [-0.2, -0.15) is 0 Å². The monoisotopic (exact) mass is 215 g/mol. The summed E-state index contributed by atoms with van der Waals surface area (Å²) in [5.41, 5.74) is 0. The minimum atomic E-state index is 0.487. The molecule has 0 aliphatic rings. The van der Waals surface area contributed by atoms with Gasteiger partial charge in [0.1, 0.15) is 0 Å². The van der Waals surface area contributed by atoms with Crippen molar-refractivity contribution in [3.05, 3.63) is 0 Å². The van der Waals surface area contributed by atoms with Crippen molar-refractivity contribution in [3.63, 3.8) is 0 Å². The SMILES string of the molecule is CCCCC(CC)CNC(C)COCC. The zero-order valence-corrected chi connectivity index (χ0v) is 11.0. The van der Waals surface area contributed by atoms with E-state index >= 15 is 0 Å². The predicted octanol–water partition coefficient (Wildman–Crippen LogP) is 3.22. The fourth-order valence-electron chi connectivity index (χ4n) is 1.66. The molecule has 0 bridgehead atoms. The highest BCUT2D eigenvalue weighted by molar-refractivity contribution is 4.65. The minimum Gasteiger partial charge on any atom is -0.380 e. The van der Waals surface area contributed by atoms with E-state index in [1.165, 1.54) is 25.7 Å². The molecular formula is C13H29NO. The van der Waals surface area contributed by atoms with E-state index in [0.717, 1.165) is 25.7 Å². The molecular weight excluding hydrogens is 186 g/mol. The first-order valence-corrected chi connectivity index (χ1v) is 6.55. The highest BCUT2D eigenvalue weighted by atomic mass is 16.5. The third-order valence-electron chi connectivity index (χ3n) is 2.87. The number of nitrogens with one attached hydrogen (secondary N) is 1. The fourth-order valence-corrected chi connectivity index (χ4v) is 1.66. The molecule has 0 heterocycles. The van der Waals surface area contributed by atoms with E-state index in [1.54, 1.807) is 0 Å². The van der Waals surface area contributed by atoms with E-state index in [4.69, 9.17) is 4.74 Å². The smallest absolute Gasteiger partial charge is 0.0616 e. The maximum absolute atomic E-state index is 5.38. The van der Waals surface area contributed by atoms with Gasteiger partial charge >= 0.3 is 0 Å². The van der Waals surface area contributed by atoms with Crippen LogP contribution in [0.15, 0.2) is 0 Å². The van der Waals surface area contributed by atoms with Gasteiger partial charge in [-0.25, -0.2) is 0 Å². The molecule has 2 nitrogen and oxygen atoms in total. The summed E-state index contributed by atoms with van der Waals surface area (Å²) in [5, 5.41) is 3.55. The lowest BCUT2D eigenvalue weighted by Gasteiger charge is -2.19. The Kier molecular flexibility index (Phi) is 10.4. The Morgan fingerprint density at radius 1 is 1.20 bits per heavy atom. The third-order valence-corrected chi connectivity index (χ3v) is 2.87. The fraction of sp³-hybridized carbons (Fsp3) is 1.00. The van der Waals surface area contributed by atoms with Crippen LogP contribution in [0, 0.1) is 5.92 Å². The molecule has 0 spiro atoms. The van der Waals surface area contributed by atoms with Crippen molar-refractivity contribution in [2.45, 2.75) is 59.4 Å².